The SMILES string of the molecule is COc1ccc(NC(=O)C2CCCN(c3ncnc4c3oc3ccccc34)C2)cc1. The summed E-state index contributed by atoms with van der Waals surface area (Å²) < 4.78 is 11.2. The third-order valence-corrected chi connectivity index (χ3v) is 5.59. The van der Waals surface area contributed by atoms with Crippen molar-refractivity contribution in [2.45, 2.75) is 12.8 Å². The lowest BCUT2D eigenvalue weighted by atomic mass is 9.97. The summed E-state index contributed by atoms with van der Waals surface area (Å²) >= 11 is 0. The Morgan fingerprint density at radius 1 is 1.17 bits per heavy atom. The zero-order valence-electron chi connectivity index (χ0n) is 16.7. The molecule has 0 spiro atoms. The molecular weight excluding hydrogens is 380 g/mol. The van der Waals surface area contributed by atoms with E-state index in [1.54, 1.807) is 13.4 Å². The topological polar surface area (TPSA) is 80.5 Å². The molecule has 4 aromatic rings. The number of benzene rings is 2. The maximum absolute atomic E-state index is 12.9. The fourth-order valence-electron chi connectivity index (χ4n) is 4.04. The van der Waals surface area contributed by atoms with E-state index in [9.17, 15) is 4.79 Å². The van der Waals surface area contributed by atoms with Crippen molar-refractivity contribution in [1.82, 2.24) is 9.97 Å². The van der Waals surface area contributed by atoms with Crippen LogP contribution in [-0.2, 0) is 4.79 Å². The number of nitrogens with one attached hydrogen (secondary N) is 1. The van der Waals surface area contributed by atoms with Crippen molar-refractivity contribution in [3.63, 3.8) is 0 Å². The average molecular weight is 402 g/mol. The summed E-state index contributed by atoms with van der Waals surface area (Å²) in [5.41, 5.74) is 3.04. The number of ether oxygens (including phenoxy) is 1. The number of carbonyl (C=O) groups excluding carboxylic acids is 1. The van der Waals surface area contributed by atoms with Crippen LogP contribution >= 0.6 is 0 Å². The van der Waals surface area contributed by atoms with E-state index in [4.69, 9.17) is 9.15 Å². The predicted molar refractivity (Wildman–Crippen MR) is 116 cm³/mol. The van der Waals surface area contributed by atoms with Gasteiger partial charge in [-0.1, -0.05) is 12.1 Å². The predicted octanol–water partition coefficient (Wildman–Crippen LogP) is 4.24. The lowest BCUT2D eigenvalue weighted by Gasteiger charge is -2.32. The standard InChI is InChI=1S/C23H22N4O3/c1-29-17-10-8-16(9-11-17)26-23(28)15-5-4-12-27(13-15)22-21-20(24-14-25-22)18-6-2-3-7-19(18)30-21/h2-3,6-11,14-15H,4-5,12-13H2,1H3,(H,26,28). The molecule has 2 aromatic heterocycles. The van der Waals surface area contributed by atoms with Crippen molar-refractivity contribution in [2.75, 3.05) is 30.4 Å². The van der Waals surface area contributed by atoms with Crippen molar-refractivity contribution >= 4 is 39.5 Å². The van der Waals surface area contributed by atoms with Crippen LogP contribution in [0.25, 0.3) is 22.1 Å². The minimum Gasteiger partial charge on any atom is -0.497 e. The van der Waals surface area contributed by atoms with E-state index in [-0.39, 0.29) is 11.8 Å². The van der Waals surface area contributed by atoms with E-state index in [2.05, 4.69) is 20.2 Å². The molecule has 0 saturated carbocycles. The second-order valence-corrected chi connectivity index (χ2v) is 7.48. The second kappa shape index (κ2) is 7.67. The number of para-hydroxylation sites is 1. The van der Waals surface area contributed by atoms with E-state index >= 15 is 0 Å². The van der Waals surface area contributed by atoms with E-state index in [0.717, 1.165) is 53.1 Å². The Balaban J connectivity index is 1.38. The van der Waals surface area contributed by atoms with Gasteiger partial charge in [-0.05, 0) is 49.2 Å². The van der Waals surface area contributed by atoms with E-state index in [1.807, 2.05) is 48.5 Å². The molecule has 3 heterocycles. The van der Waals surface area contributed by atoms with Crippen molar-refractivity contribution < 1.29 is 13.9 Å². The molecule has 2 aromatic carbocycles. The van der Waals surface area contributed by atoms with Crippen molar-refractivity contribution in [3.05, 3.63) is 54.9 Å². The van der Waals surface area contributed by atoms with E-state index in [0.29, 0.717) is 12.1 Å². The summed E-state index contributed by atoms with van der Waals surface area (Å²) in [7, 11) is 1.62. The molecule has 1 aliphatic rings. The number of methoxy groups -OCH3 is 1. The maximum atomic E-state index is 12.9. The van der Waals surface area contributed by atoms with Gasteiger partial charge in [-0.25, -0.2) is 9.97 Å². The Morgan fingerprint density at radius 3 is 2.83 bits per heavy atom. The van der Waals surface area contributed by atoms with Gasteiger partial charge in [-0.3, -0.25) is 4.79 Å². The molecule has 0 aliphatic carbocycles. The second-order valence-electron chi connectivity index (χ2n) is 7.48. The summed E-state index contributed by atoms with van der Waals surface area (Å²) in [5.74, 6) is 1.39. The minimum atomic E-state index is -0.129. The Morgan fingerprint density at radius 2 is 2.00 bits per heavy atom. The van der Waals surface area contributed by atoms with Crippen molar-refractivity contribution in [2.24, 2.45) is 5.92 Å². The minimum absolute atomic E-state index is 0.0137. The number of anilines is 2. The highest BCUT2D eigenvalue weighted by Crippen LogP contribution is 2.34. The van der Waals surface area contributed by atoms with E-state index in [1.165, 1.54) is 0 Å². The van der Waals surface area contributed by atoms with Gasteiger partial charge >= 0.3 is 0 Å². The quantitative estimate of drug-likeness (QED) is 0.550. The summed E-state index contributed by atoms with van der Waals surface area (Å²) in [4.78, 5) is 23.9. The van der Waals surface area contributed by atoms with Crippen LogP contribution in [0.4, 0.5) is 11.5 Å². The number of amides is 1. The van der Waals surface area contributed by atoms with Crippen LogP contribution in [0.1, 0.15) is 12.8 Å². The number of hydrogen-bond acceptors (Lipinski definition) is 6. The Kier molecular flexibility index (Phi) is 4.71. The van der Waals surface area contributed by atoms with Crippen molar-refractivity contribution in [3.8, 4) is 5.75 Å². The summed E-state index contributed by atoms with van der Waals surface area (Å²) in [6.45, 7) is 1.42. The molecule has 1 saturated heterocycles. The number of rotatable bonds is 4. The molecule has 1 N–H and O–H groups in total. The zero-order valence-corrected chi connectivity index (χ0v) is 16.7. The largest absolute Gasteiger partial charge is 0.497 e. The molecule has 1 atom stereocenters. The molecule has 152 valence electrons. The highest BCUT2D eigenvalue weighted by molar-refractivity contribution is 6.05. The van der Waals surface area contributed by atoms with Gasteiger partial charge in [0.05, 0.1) is 13.0 Å². The van der Waals surface area contributed by atoms with Gasteiger partial charge in [-0.2, -0.15) is 0 Å². The fraction of sp³-hybridized carbons (Fsp3) is 0.261. The monoisotopic (exact) mass is 402 g/mol. The normalized spacial score (nSPS) is 16.7. The van der Waals surface area contributed by atoms with Gasteiger partial charge < -0.3 is 19.4 Å². The first-order chi connectivity index (χ1) is 14.7. The van der Waals surface area contributed by atoms with Crippen LogP contribution in [0.3, 0.4) is 0 Å². The summed E-state index contributed by atoms with van der Waals surface area (Å²) in [6, 6.07) is 15.2. The van der Waals surface area contributed by atoms with Gasteiger partial charge in [0.2, 0.25) is 5.91 Å². The number of piperidine rings is 1. The Hall–Kier alpha value is -3.61. The summed E-state index contributed by atoms with van der Waals surface area (Å²) in [6.07, 6.45) is 3.32. The lowest BCUT2D eigenvalue weighted by molar-refractivity contribution is -0.120. The molecule has 30 heavy (non-hydrogen) atoms. The van der Waals surface area contributed by atoms with E-state index < -0.39 is 0 Å². The van der Waals surface area contributed by atoms with Crippen LogP contribution in [0.2, 0.25) is 0 Å². The van der Waals surface area contributed by atoms with Crippen LogP contribution in [-0.4, -0.2) is 36.1 Å². The molecule has 1 aliphatic heterocycles. The molecule has 0 bridgehead atoms. The highest BCUT2D eigenvalue weighted by Gasteiger charge is 2.28. The number of aromatic nitrogens is 2. The molecule has 7 nitrogen and oxygen atoms in total. The third kappa shape index (κ3) is 3.32. The Labute approximate surface area is 173 Å². The molecule has 1 unspecified atom stereocenters. The average Bonchev–Trinajstić information content (AvgIpc) is 3.18. The lowest BCUT2D eigenvalue weighted by Crippen LogP contribution is -2.41. The zero-order chi connectivity index (χ0) is 20.5. The molecule has 1 fully saturated rings. The van der Waals surface area contributed by atoms with Gasteiger partial charge in [0.15, 0.2) is 11.4 Å². The van der Waals surface area contributed by atoms with Crippen LogP contribution in [0.15, 0.2) is 59.3 Å². The van der Waals surface area contributed by atoms with Gasteiger partial charge in [-0.15, -0.1) is 0 Å². The molecular formula is C23H22N4O3. The number of fused-ring (bicyclic) bond motifs is 3. The summed E-state index contributed by atoms with van der Waals surface area (Å²) in [5, 5.41) is 3.99. The van der Waals surface area contributed by atoms with Crippen LogP contribution in [0.5, 0.6) is 5.75 Å². The molecule has 5 rings (SSSR count). The van der Waals surface area contributed by atoms with Gasteiger partial charge in [0, 0.05) is 24.2 Å². The third-order valence-electron chi connectivity index (χ3n) is 5.59. The molecule has 1 amide bonds. The highest BCUT2D eigenvalue weighted by atomic mass is 16.5. The number of furan rings is 1. The fourth-order valence-corrected chi connectivity index (χ4v) is 4.04. The maximum Gasteiger partial charge on any atom is 0.229 e. The van der Waals surface area contributed by atoms with Gasteiger partial charge in [0.25, 0.3) is 0 Å². The smallest absolute Gasteiger partial charge is 0.229 e. The first kappa shape index (κ1) is 18.4. The number of nitrogens with zero attached hydrogens (tertiary/aromatic N) is 3. The van der Waals surface area contributed by atoms with Crippen molar-refractivity contribution in [1.29, 1.82) is 0 Å². The number of carbonyl (C=O) groups is 1. The number of hydrogen-bond donors (Lipinski definition) is 1. The first-order valence-corrected chi connectivity index (χ1v) is 10.0. The molecule has 7 heteroatoms. The Bertz CT molecular complexity index is 1200. The molecule has 0 radical (unpaired) electrons. The van der Waals surface area contributed by atoms with Gasteiger partial charge in [0.1, 0.15) is 23.2 Å². The van der Waals surface area contributed by atoms with Crippen LogP contribution < -0.4 is 15.0 Å². The van der Waals surface area contributed by atoms with Crippen LogP contribution in [0, 0.1) is 5.92 Å². The first-order valence-electron chi connectivity index (χ1n) is 10.0.